The summed E-state index contributed by atoms with van der Waals surface area (Å²) >= 11 is 6.05. The maximum atomic E-state index is 6.32. The van der Waals surface area contributed by atoms with Gasteiger partial charge in [-0.15, -0.1) is 12.4 Å². The predicted molar refractivity (Wildman–Crippen MR) is 92.9 cm³/mol. The number of ether oxygens (including phenoxy) is 1. The van der Waals surface area contributed by atoms with Crippen LogP contribution in [0.2, 0.25) is 5.02 Å². The molecule has 0 saturated heterocycles. The van der Waals surface area contributed by atoms with Crippen LogP contribution >= 0.6 is 24.0 Å². The molecule has 2 heterocycles. The van der Waals surface area contributed by atoms with Gasteiger partial charge in [0.25, 0.3) is 0 Å². The second kappa shape index (κ2) is 6.36. The number of halogens is 2. The second-order valence-corrected chi connectivity index (χ2v) is 5.95. The Morgan fingerprint density at radius 1 is 1.13 bits per heavy atom. The van der Waals surface area contributed by atoms with E-state index < -0.39 is 5.60 Å². The van der Waals surface area contributed by atoms with Crippen LogP contribution in [0.3, 0.4) is 0 Å². The van der Waals surface area contributed by atoms with Gasteiger partial charge in [-0.05, 0) is 28.8 Å². The molecule has 0 amide bonds. The van der Waals surface area contributed by atoms with Gasteiger partial charge in [-0.2, -0.15) is 0 Å². The predicted octanol–water partition coefficient (Wildman–Crippen LogP) is 4.43. The van der Waals surface area contributed by atoms with Crippen LogP contribution in [0.4, 0.5) is 0 Å². The molecule has 0 N–H and O–H groups in total. The summed E-state index contributed by atoms with van der Waals surface area (Å²) in [4.78, 5) is 4.15. The normalized spacial score (nSPS) is 19.2. The molecule has 118 valence electrons. The lowest BCUT2D eigenvalue weighted by atomic mass is 9.85. The van der Waals surface area contributed by atoms with E-state index in [4.69, 9.17) is 16.3 Å². The van der Waals surface area contributed by atoms with Crippen LogP contribution in [0.15, 0.2) is 67.3 Å². The number of hydrogen-bond donors (Lipinski definition) is 0. The van der Waals surface area contributed by atoms with Crippen molar-refractivity contribution in [2.75, 3.05) is 0 Å². The van der Waals surface area contributed by atoms with Gasteiger partial charge in [0, 0.05) is 17.4 Å². The van der Waals surface area contributed by atoms with Crippen LogP contribution in [0.25, 0.3) is 0 Å². The van der Waals surface area contributed by atoms with Crippen LogP contribution in [0.1, 0.15) is 16.7 Å². The molecular weight excluding hydrogens is 331 g/mol. The summed E-state index contributed by atoms with van der Waals surface area (Å²) in [6.07, 6.45) is 5.57. The summed E-state index contributed by atoms with van der Waals surface area (Å²) in [5.74, 6) is 0. The lowest BCUT2D eigenvalue weighted by molar-refractivity contribution is -0.0180. The van der Waals surface area contributed by atoms with Crippen molar-refractivity contribution in [3.05, 3.63) is 89.0 Å². The van der Waals surface area contributed by atoms with Crippen LogP contribution < -0.4 is 0 Å². The lowest BCUT2D eigenvalue weighted by Crippen LogP contribution is -2.32. The first-order valence-corrected chi connectivity index (χ1v) is 7.60. The Kier molecular flexibility index (Phi) is 4.44. The molecule has 0 saturated carbocycles. The minimum Gasteiger partial charge on any atom is -0.359 e. The molecule has 1 aromatic heterocycles. The van der Waals surface area contributed by atoms with Gasteiger partial charge >= 0.3 is 0 Å². The van der Waals surface area contributed by atoms with E-state index in [-0.39, 0.29) is 12.4 Å². The molecular formula is C18H16Cl2N2O. The van der Waals surface area contributed by atoms with Gasteiger partial charge in [-0.1, -0.05) is 48.0 Å². The highest BCUT2D eigenvalue weighted by Crippen LogP contribution is 2.43. The molecule has 0 aliphatic carbocycles. The number of aromatic nitrogens is 2. The third-order valence-corrected chi connectivity index (χ3v) is 4.45. The molecule has 5 heteroatoms. The zero-order chi connectivity index (χ0) is 15.0. The quantitative estimate of drug-likeness (QED) is 0.701. The van der Waals surface area contributed by atoms with Crippen LogP contribution in [-0.2, 0) is 23.5 Å². The Balaban J connectivity index is 0.00000156. The van der Waals surface area contributed by atoms with E-state index in [1.54, 1.807) is 6.20 Å². The van der Waals surface area contributed by atoms with Gasteiger partial charge in [0.05, 0.1) is 19.5 Å². The maximum absolute atomic E-state index is 6.32. The first-order valence-electron chi connectivity index (χ1n) is 7.22. The summed E-state index contributed by atoms with van der Waals surface area (Å²) in [5, 5.41) is 0.729. The van der Waals surface area contributed by atoms with Crippen molar-refractivity contribution in [2.24, 2.45) is 0 Å². The molecule has 0 fully saturated rings. The molecule has 1 aliphatic rings. The zero-order valence-corrected chi connectivity index (χ0v) is 13.9. The monoisotopic (exact) mass is 346 g/mol. The minimum absolute atomic E-state index is 0. The minimum atomic E-state index is -0.498. The molecule has 1 atom stereocenters. The molecule has 0 spiro atoms. The van der Waals surface area contributed by atoms with E-state index in [0.29, 0.717) is 13.2 Å². The molecule has 3 nitrogen and oxygen atoms in total. The fraction of sp³-hybridized carbons (Fsp3) is 0.167. The van der Waals surface area contributed by atoms with Crippen molar-refractivity contribution < 1.29 is 4.74 Å². The number of fused-ring (bicyclic) bond motifs is 1. The summed E-state index contributed by atoms with van der Waals surface area (Å²) in [6, 6.07) is 16.3. The molecule has 1 aliphatic heterocycles. The fourth-order valence-corrected chi connectivity index (χ4v) is 3.26. The summed E-state index contributed by atoms with van der Waals surface area (Å²) in [5.41, 5.74) is 3.06. The Morgan fingerprint density at radius 2 is 1.91 bits per heavy atom. The van der Waals surface area contributed by atoms with Crippen molar-refractivity contribution >= 4 is 24.0 Å². The first kappa shape index (κ1) is 16.1. The van der Waals surface area contributed by atoms with E-state index in [0.717, 1.165) is 10.6 Å². The molecule has 0 radical (unpaired) electrons. The smallest absolute Gasteiger partial charge is 0.137 e. The van der Waals surface area contributed by atoms with E-state index in [2.05, 4.69) is 33.8 Å². The average molecular weight is 347 g/mol. The van der Waals surface area contributed by atoms with Gasteiger partial charge in [0.15, 0.2) is 0 Å². The highest BCUT2D eigenvalue weighted by molar-refractivity contribution is 6.30. The van der Waals surface area contributed by atoms with Gasteiger partial charge < -0.3 is 9.30 Å². The van der Waals surface area contributed by atoms with Gasteiger partial charge in [-0.3, -0.25) is 0 Å². The highest BCUT2D eigenvalue weighted by Gasteiger charge is 2.41. The second-order valence-electron chi connectivity index (χ2n) is 5.51. The third kappa shape index (κ3) is 2.76. The Labute approximate surface area is 146 Å². The fourth-order valence-electron chi connectivity index (χ4n) is 3.14. The third-order valence-electron chi connectivity index (χ3n) is 4.20. The van der Waals surface area contributed by atoms with Gasteiger partial charge in [0.2, 0.25) is 0 Å². The van der Waals surface area contributed by atoms with E-state index >= 15 is 0 Å². The van der Waals surface area contributed by atoms with E-state index in [1.807, 2.05) is 36.8 Å². The maximum Gasteiger partial charge on any atom is 0.137 e. The Bertz CT molecular complexity index is 787. The van der Waals surface area contributed by atoms with E-state index in [1.165, 1.54) is 11.1 Å². The average Bonchev–Trinajstić information content (AvgIpc) is 3.18. The summed E-state index contributed by atoms with van der Waals surface area (Å²) in [7, 11) is 0. The summed E-state index contributed by atoms with van der Waals surface area (Å²) in [6.45, 7) is 1.30. The SMILES string of the molecule is Cl.Clc1ccc([C@]2(Cn3ccnc3)OCc3ccccc32)cc1. The van der Waals surface area contributed by atoms with Crippen LogP contribution in [0.5, 0.6) is 0 Å². The largest absolute Gasteiger partial charge is 0.359 e. The van der Waals surface area contributed by atoms with E-state index in [9.17, 15) is 0 Å². The van der Waals surface area contributed by atoms with Crippen molar-refractivity contribution in [1.82, 2.24) is 9.55 Å². The molecule has 0 unspecified atom stereocenters. The standard InChI is InChI=1S/C18H15ClN2O.ClH/c19-16-7-5-15(6-8-16)18(12-21-10-9-20-13-21)17-4-2-1-3-14(17)11-22-18;/h1-10,13H,11-12H2;1H/t18-;/m0./s1. The number of imidazole rings is 1. The Hall–Kier alpha value is -1.81. The van der Waals surface area contributed by atoms with Crippen molar-refractivity contribution in [3.8, 4) is 0 Å². The number of benzene rings is 2. The van der Waals surface area contributed by atoms with Crippen molar-refractivity contribution in [3.63, 3.8) is 0 Å². The van der Waals surface area contributed by atoms with Crippen LogP contribution in [-0.4, -0.2) is 9.55 Å². The molecule has 3 aromatic rings. The number of rotatable bonds is 3. The Morgan fingerprint density at radius 3 is 2.65 bits per heavy atom. The highest BCUT2D eigenvalue weighted by atomic mass is 35.5. The number of nitrogens with zero attached hydrogens (tertiary/aromatic N) is 2. The first-order chi connectivity index (χ1) is 10.8. The number of hydrogen-bond acceptors (Lipinski definition) is 2. The van der Waals surface area contributed by atoms with Gasteiger partial charge in [0.1, 0.15) is 5.60 Å². The lowest BCUT2D eigenvalue weighted by Gasteiger charge is -2.31. The topological polar surface area (TPSA) is 27.1 Å². The molecule has 0 bridgehead atoms. The summed E-state index contributed by atoms with van der Waals surface area (Å²) < 4.78 is 8.37. The molecule has 23 heavy (non-hydrogen) atoms. The molecule has 4 rings (SSSR count). The van der Waals surface area contributed by atoms with Gasteiger partial charge in [-0.25, -0.2) is 4.98 Å². The molecule has 2 aromatic carbocycles. The van der Waals surface area contributed by atoms with Crippen LogP contribution in [0, 0.1) is 0 Å². The van der Waals surface area contributed by atoms with Crippen molar-refractivity contribution in [2.45, 2.75) is 18.8 Å². The zero-order valence-electron chi connectivity index (χ0n) is 12.4. The van der Waals surface area contributed by atoms with Crippen molar-refractivity contribution in [1.29, 1.82) is 0 Å².